The van der Waals surface area contributed by atoms with E-state index in [1.54, 1.807) is 11.1 Å². The molecule has 0 saturated carbocycles. The molecule has 3 aliphatic rings. The molecule has 2 aliphatic heterocycles. The number of nitrogens with one attached hydrogen (secondary N) is 1. The lowest BCUT2D eigenvalue weighted by molar-refractivity contribution is 0.00578. The summed E-state index contributed by atoms with van der Waals surface area (Å²) in [4.78, 5) is 27.7. The van der Waals surface area contributed by atoms with Crippen LogP contribution in [-0.2, 0) is 24.3 Å². The van der Waals surface area contributed by atoms with Crippen molar-refractivity contribution in [3.8, 4) is 11.1 Å². The van der Waals surface area contributed by atoms with E-state index < -0.39 is 35.6 Å². The number of alkyl carbamates (subject to hydrolysis) is 1. The summed E-state index contributed by atoms with van der Waals surface area (Å²) in [6, 6.07) is 16.7. The fourth-order valence-electron chi connectivity index (χ4n) is 6.79. The molecule has 2 saturated heterocycles. The number of benzene rings is 2. The summed E-state index contributed by atoms with van der Waals surface area (Å²) in [5.74, 6) is 0.00614. The summed E-state index contributed by atoms with van der Waals surface area (Å²) in [5, 5.41) is 7.70. The second-order valence-corrected chi connectivity index (χ2v) is 15.0. The van der Waals surface area contributed by atoms with Crippen LogP contribution < -0.4 is 10.8 Å². The molecule has 11 heteroatoms. The number of nitrogens with zero attached hydrogens (tertiary/aromatic N) is 3. The van der Waals surface area contributed by atoms with Crippen LogP contribution in [0.25, 0.3) is 11.1 Å². The summed E-state index contributed by atoms with van der Waals surface area (Å²) < 4.78 is 26.0. The van der Waals surface area contributed by atoms with Crippen molar-refractivity contribution in [2.24, 2.45) is 0 Å². The smallest absolute Gasteiger partial charge is 0.448 e. The number of fused-ring (bicyclic) bond motifs is 3. The van der Waals surface area contributed by atoms with E-state index in [2.05, 4.69) is 29.6 Å². The number of piperidine rings is 1. The molecule has 2 fully saturated rings. The molecule has 2 aromatic carbocycles. The molecule has 0 bridgehead atoms. The van der Waals surface area contributed by atoms with Crippen molar-refractivity contribution in [2.45, 2.75) is 96.0 Å². The molecule has 0 atom stereocenters. The minimum absolute atomic E-state index is 0.00614. The maximum Gasteiger partial charge on any atom is 0.498 e. The second-order valence-electron chi connectivity index (χ2n) is 15.0. The van der Waals surface area contributed by atoms with E-state index in [4.69, 9.17) is 23.9 Å². The topological polar surface area (TPSA) is 104 Å². The number of hydrogen-bond donors (Lipinski definition) is 1. The van der Waals surface area contributed by atoms with Gasteiger partial charge in [0.05, 0.1) is 16.7 Å². The molecule has 47 heavy (non-hydrogen) atoms. The number of ether oxygens (including phenoxy) is 2. The summed E-state index contributed by atoms with van der Waals surface area (Å²) in [7, 11) is -0.536. The van der Waals surface area contributed by atoms with Crippen LogP contribution in [0.3, 0.4) is 0 Å². The molecule has 3 heterocycles. The van der Waals surface area contributed by atoms with E-state index in [1.165, 1.54) is 22.3 Å². The van der Waals surface area contributed by atoms with Gasteiger partial charge in [0.15, 0.2) is 0 Å². The van der Waals surface area contributed by atoms with Gasteiger partial charge >= 0.3 is 19.3 Å². The van der Waals surface area contributed by atoms with Gasteiger partial charge in [-0.2, -0.15) is 5.10 Å². The SMILES string of the molecule is CC(C)(C)OC(=O)NCCC1(n2cc(B3OC(C)(C)C(C)(C)O3)cn2)CCN(C(=O)OCC2c3ccccc3-c3ccccc32)CC1. The Morgan fingerprint density at radius 3 is 2.11 bits per heavy atom. The van der Waals surface area contributed by atoms with Gasteiger partial charge in [-0.15, -0.1) is 0 Å². The van der Waals surface area contributed by atoms with Crippen LogP contribution in [-0.4, -0.2) is 77.0 Å². The highest BCUT2D eigenvalue weighted by Crippen LogP contribution is 2.45. The van der Waals surface area contributed by atoms with Gasteiger partial charge in [0.25, 0.3) is 0 Å². The predicted octanol–water partition coefficient (Wildman–Crippen LogP) is 5.84. The van der Waals surface area contributed by atoms with Crippen molar-refractivity contribution in [2.75, 3.05) is 26.2 Å². The molecule has 2 amide bonds. The van der Waals surface area contributed by atoms with Gasteiger partial charge in [0.2, 0.25) is 0 Å². The fourth-order valence-corrected chi connectivity index (χ4v) is 6.79. The Morgan fingerprint density at radius 2 is 1.53 bits per heavy atom. The molecule has 1 N–H and O–H groups in total. The Balaban J connectivity index is 1.14. The third kappa shape index (κ3) is 6.65. The fraction of sp³-hybridized carbons (Fsp3) is 0.528. The van der Waals surface area contributed by atoms with E-state index in [0.717, 1.165) is 5.46 Å². The number of aromatic nitrogens is 2. The molecule has 0 unspecified atom stereocenters. The average molecular weight is 643 g/mol. The largest absolute Gasteiger partial charge is 0.498 e. The molecule has 0 spiro atoms. The van der Waals surface area contributed by atoms with E-state index in [0.29, 0.717) is 38.9 Å². The zero-order valence-corrected chi connectivity index (χ0v) is 28.7. The second kappa shape index (κ2) is 12.3. The molecular weight excluding hydrogens is 595 g/mol. The standard InChI is InChI=1S/C36H47BN4O6/c1-33(2,3)45-31(42)38-19-16-36(41-23-25(22-39-41)37-46-34(4,5)35(6,7)47-37)17-20-40(21-18-36)32(43)44-24-30-28-14-10-8-12-26(28)27-13-9-11-15-29(27)30/h8-15,22-23,30H,16-21,24H2,1-7H3,(H,38,42). The van der Waals surface area contributed by atoms with Crippen molar-refractivity contribution in [3.05, 3.63) is 72.1 Å². The number of likely N-dealkylation sites (tertiary alicyclic amines) is 1. The Kier molecular flexibility index (Phi) is 8.68. The van der Waals surface area contributed by atoms with Gasteiger partial charge in [0.1, 0.15) is 12.2 Å². The van der Waals surface area contributed by atoms with Gasteiger partial charge in [-0.1, -0.05) is 48.5 Å². The zero-order chi connectivity index (χ0) is 33.6. The van der Waals surface area contributed by atoms with Crippen LogP contribution in [0, 0.1) is 0 Å². The number of carbonyl (C=O) groups excluding carboxylic acids is 2. The van der Waals surface area contributed by atoms with Gasteiger partial charge in [0, 0.05) is 43.4 Å². The first-order valence-corrected chi connectivity index (χ1v) is 16.7. The quantitative estimate of drug-likeness (QED) is 0.323. The predicted molar refractivity (Wildman–Crippen MR) is 181 cm³/mol. The molecule has 0 radical (unpaired) electrons. The van der Waals surface area contributed by atoms with E-state index in [9.17, 15) is 9.59 Å². The first kappa shape index (κ1) is 33.1. The van der Waals surface area contributed by atoms with E-state index in [1.807, 2.05) is 83.6 Å². The number of carbonyl (C=O) groups is 2. The lowest BCUT2D eigenvalue weighted by atomic mass is 9.81. The number of hydrogen-bond acceptors (Lipinski definition) is 7. The molecule has 1 aliphatic carbocycles. The highest BCUT2D eigenvalue weighted by atomic mass is 16.7. The van der Waals surface area contributed by atoms with Crippen LogP contribution in [0.4, 0.5) is 9.59 Å². The van der Waals surface area contributed by atoms with E-state index in [-0.39, 0.29) is 18.6 Å². The first-order valence-electron chi connectivity index (χ1n) is 16.7. The summed E-state index contributed by atoms with van der Waals surface area (Å²) in [5.41, 5.74) is 3.64. The lowest BCUT2D eigenvalue weighted by Crippen LogP contribution is -2.50. The lowest BCUT2D eigenvalue weighted by Gasteiger charge is -2.42. The van der Waals surface area contributed by atoms with Gasteiger partial charge in [-0.05, 0) is 90.0 Å². The van der Waals surface area contributed by atoms with Crippen molar-refractivity contribution in [1.29, 1.82) is 0 Å². The summed E-state index contributed by atoms with van der Waals surface area (Å²) in [6.07, 6.45) is 4.89. The van der Waals surface area contributed by atoms with Crippen LogP contribution in [0.2, 0.25) is 0 Å². The Hall–Kier alpha value is -3.83. The van der Waals surface area contributed by atoms with Crippen molar-refractivity contribution < 1.29 is 28.4 Å². The van der Waals surface area contributed by atoms with Gasteiger partial charge < -0.3 is 29.0 Å². The Labute approximate surface area is 278 Å². The minimum atomic E-state index is -0.587. The van der Waals surface area contributed by atoms with Crippen molar-refractivity contribution in [1.82, 2.24) is 20.0 Å². The highest BCUT2D eigenvalue weighted by Gasteiger charge is 2.52. The summed E-state index contributed by atoms with van der Waals surface area (Å²) >= 11 is 0. The summed E-state index contributed by atoms with van der Waals surface area (Å²) in [6.45, 7) is 15.3. The van der Waals surface area contributed by atoms with Crippen molar-refractivity contribution >= 4 is 24.8 Å². The van der Waals surface area contributed by atoms with Gasteiger partial charge in [-0.3, -0.25) is 4.68 Å². The Morgan fingerprint density at radius 1 is 0.957 bits per heavy atom. The van der Waals surface area contributed by atoms with Crippen LogP contribution in [0.5, 0.6) is 0 Å². The van der Waals surface area contributed by atoms with E-state index >= 15 is 0 Å². The normalized spacial score (nSPS) is 19.6. The van der Waals surface area contributed by atoms with Crippen LogP contribution in [0.15, 0.2) is 60.9 Å². The Bertz CT molecular complexity index is 1560. The monoisotopic (exact) mass is 642 g/mol. The molecule has 10 nitrogen and oxygen atoms in total. The average Bonchev–Trinajstić information content (AvgIpc) is 3.68. The third-order valence-electron chi connectivity index (χ3n) is 10.2. The zero-order valence-electron chi connectivity index (χ0n) is 28.7. The molecule has 1 aromatic heterocycles. The molecule has 6 rings (SSSR count). The maximum atomic E-state index is 13.4. The number of rotatable bonds is 7. The highest BCUT2D eigenvalue weighted by molar-refractivity contribution is 6.62. The van der Waals surface area contributed by atoms with Gasteiger partial charge in [-0.25, -0.2) is 9.59 Å². The number of amides is 2. The van der Waals surface area contributed by atoms with Crippen LogP contribution >= 0.6 is 0 Å². The molecular formula is C36H47BN4O6. The minimum Gasteiger partial charge on any atom is -0.448 e. The molecule has 250 valence electrons. The third-order valence-corrected chi connectivity index (χ3v) is 10.2. The molecule has 3 aromatic rings. The maximum absolute atomic E-state index is 13.4. The van der Waals surface area contributed by atoms with Crippen LogP contribution in [0.1, 0.15) is 84.8 Å². The first-order chi connectivity index (χ1) is 22.2. The van der Waals surface area contributed by atoms with Crippen molar-refractivity contribution in [3.63, 3.8) is 0 Å².